The SMILES string of the molecule is Cc1ccc2nc(NC(=O)c3ccn(C(F)F)n3)sc2c1. The standard InChI is InChI=1S/C13H10F2N4OS/c1-7-2-3-8-10(6-7)21-13(16-8)17-11(20)9-4-5-19(18-9)12(14)15/h2-6,12H,1H3,(H,16,17,20). The topological polar surface area (TPSA) is 59.8 Å². The van der Waals surface area contributed by atoms with Crippen molar-refractivity contribution >= 4 is 32.6 Å². The lowest BCUT2D eigenvalue weighted by Crippen LogP contribution is -2.13. The maximum atomic E-state index is 12.4. The quantitative estimate of drug-likeness (QED) is 0.806. The zero-order valence-corrected chi connectivity index (χ0v) is 11.7. The molecule has 3 aromatic rings. The van der Waals surface area contributed by atoms with Crippen LogP contribution >= 0.6 is 11.3 Å². The minimum Gasteiger partial charge on any atom is -0.296 e. The molecule has 1 aromatic carbocycles. The number of rotatable bonds is 3. The highest BCUT2D eigenvalue weighted by Crippen LogP contribution is 2.26. The zero-order valence-electron chi connectivity index (χ0n) is 10.9. The number of hydrogen-bond acceptors (Lipinski definition) is 4. The molecule has 3 rings (SSSR count). The lowest BCUT2D eigenvalue weighted by Gasteiger charge is -1.98. The van der Waals surface area contributed by atoms with Gasteiger partial charge < -0.3 is 0 Å². The molecule has 0 spiro atoms. The third-order valence-corrected chi connectivity index (χ3v) is 3.74. The number of aromatic nitrogens is 3. The molecule has 0 aliphatic carbocycles. The molecule has 2 heterocycles. The van der Waals surface area contributed by atoms with Gasteiger partial charge in [-0.2, -0.15) is 13.9 Å². The van der Waals surface area contributed by atoms with Gasteiger partial charge in [0.25, 0.3) is 5.91 Å². The second kappa shape index (κ2) is 5.21. The van der Waals surface area contributed by atoms with E-state index in [9.17, 15) is 13.6 Å². The number of anilines is 1. The summed E-state index contributed by atoms with van der Waals surface area (Å²) in [6.07, 6.45) is 1.06. The minimum atomic E-state index is -2.77. The number of carbonyl (C=O) groups is 1. The Balaban J connectivity index is 1.81. The molecule has 0 fully saturated rings. The van der Waals surface area contributed by atoms with Gasteiger partial charge >= 0.3 is 6.55 Å². The van der Waals surface area contributed by atoms with Crippen molar-refractivity contribution in [2.75, 3.05) is 5.32 Å². The summed E-state index contributed by atoms with van der Waals surface area (Å²) in [6, 6.07) is 6.99. The largest absolute Gasteiger partial charge is 0.333 e. The van der Waals surface area contributed by atoms with E-state index >= 15 is 0 Å². The van der Waals surface area contributed by atoms with E-state index in [1.807, 2.05) is 25.1 Å². The highest BCUT2D eigenvalue weighted by molar-refractivity contribution is 7.22. The first-order valence-electron chi connectivity index (χ1n) is 6.05. The number of carbonyl (C=O) groups excluding carboxylic acids is 1. The van der Waals surface area contributed by atoms with Gasteiger partial charge in [-0.05, 0) is 30.7 Å². The Morgan fingerprint density at radius 2 is 2.19 bits per heavy atom. The maximum absolute atomic E-state index is 12.4. The van der Waals surface area contributed by atoms with Gasteiger partial charge in [0.2, 0.25) is 0 Å². The van der Waals surface area contributed by atoms with Crippen LogP contribution in [0.1, 0.15) is 22.6 Å². The maximum Gasteiger partial charge on any atom is 0.333 e. The lowest BCUT2D eigenvalue weighted by molar-refractivity contribution is 0.0561. The highest BCUT2D eigenvalue weighted by atomic mass is 32.1. The monoisotopic (exact) mass is 308 g/mol. The number of benzene rings is 1. The van der Waals surface area contributed by atoms with Crippen LogP contribution in [0.3, 0.4) is 0 Å². The first kappa shape index (κ1) is 13.6. The molecule has 1 N–H and O–H groups in total. The Hall–Kier alpha value is -2.35. The molecule has 0 aliphatic heterocycles. The van der Waals surface area contributed by atoms with Crippen molar-refractivity contribution in [3.05, 3.63) is 41.7 Å². The molecule has 2 aromatic heterocycles. The van der Waals surface area contributed by atoms with Gasteiger partial charge in [0.1, 0.15) is 0 Å². The van der Waals surface area contributed by atoms with Gasteiger partial charge in [-0.25, -0.2) is 9.67 Å². The summed E-state index contributed by atoms with van der Waals surface area (Å²) in [5, 5.41) is 6.48. The number of halogens is 2. The van der Waals surface area contributed by atoms with Crippen molar-refractivity contribution in [3.63, 3.8) is 0 Å². The summed E-state index contributed by atoms with van der Waals surface area (Å²) in [5.74, 6) is -0.565. The summed E-state index contributed by atoms with van der Waals surface area (Å²) in [6.45, 7) is -0.800. The Morgan fingerprint density at radius 3 is 2.90 bits per heavy atom. The average Bonchev–Trinajstić information content (AvgIpc) is 3.03. The van der Waals surface area contributed by atoms with Crippen molar-refractivity contribution in [1.82, 2.24) is 14.8 Å². The molecule has 5 nitrogen and oxygen atoms in total. The second-order valence-electron chi connectivity index (χ2n) is 4.40. The Labute approximate surface area is 122 Å². The van der Waals surface area contributed by atoms with Gasteiger partial charge in [0.05, 0.1) is 10.2 Å². The number of fused-ring (bicyclic) bond motifs is 1. The van der Waals surface area contributed by atoms with Gasteiger partial charge in [-0.15, -0.1) is 0 Å². The van der Waals surface area contributed by atoms with E-state index in [4.69, 9.17) is 0 Å². The number of nitrogens with one attached hydrogen (secondary N) is 1. The minimum absolute atomic E-state index is 0.0780. The molecule has 1 amide bonds. The summed E-state index contributed by atoms with van der Waals surface area (Å²) >= 11 is 1.32. The van der Waals surface area contributed by atoms with E-state index in [-0.39, 0.29) is 5.69 Å². The molecule has 0 atom stereocenters. The Kier molecular flexibility index (Phi) is 3.38. The summed E-state index contributed by atoms with van der Waals surface area (Å²) in [5.41, 5.74) is 1.80. The molecule has 108 valence electrons. The van der Waals surface area contributed by atoms with E-state index in [0.717, 1.165) is 22.0 Å². The average molecular weight is 308 g/mol. The molecular weight excluding hydrogens is 298 g/mol. The van der Waals surface area contributed by atoms with Crippen molar-refractivity contribution < 1.29 is 13.6 Å². The van der Waals surface area contributed by atoms with Crippen LogP contribution in [0.15, 0.2) is 30.5 Å². The Bertz CT molecular complexity index is 811. The molecular formula is C13H10F2N4OS. The fourth-order valence-electron chi connectivity index (χ4n) is 1.81. The number of nitrogens with zero attached hydrogens (tertiary/aromatic N) is 3. The van der Waals surface area contributed by atoms with Crippen LogP contribution in [-0.2, 0) is 0 Å². The first-order chi connectivity index (χ1) is 10.0. The Morgan fingerprint density at radius 1 is 1.38 bits per heavy atom. The predicted octanol–water partition coefficient (Wildman–Crippen LogP) is 3.45. The van der Waals surface area contributed by atoms with Crippen LogP contribution in [0.2, 0.25) is 0 Å². The molecule has 21 heavy (non-hydrogen) atoms. The van der Waals surface area contributed by atoms with Crippen LogP contribution < -0.4 is 5.32 Å². The van der Waals surface area contributed by atoms with E-state index in [1.165, 1.54) is 17.4 Å². The van der Waals surface area contributed by atoms with Crippen LogP contribution in [0.25, 0.3) is 10.2 Å². The van der Waals surface area contributed by atoms with Gasteiger partial charge in [0, 0.05) is 6.20 Å². The van der Waals surface area contributed by atoms with E-state index in [0.29, 0.717) is 9.81 Å². The summed E-state index contributed by atoms with van der Waals surface area (Å²) < 4.78 is 26.2. The predicted molar refractivity (Wildman–Crippen MR) is 75.8 cm³/mol. The summed E-state index contributed by atoms with van der Waals surface area (Å²) in [7, 11) is 0. The van der Waals surface area contributed by atoms with Gasteiger partial charge in [-0.3, -0.25) is 10.1 Å². The first-order valence-corrected chi connectivity index (χ1v) is 6.86. The smallest absolute Gasteiger partial charge is 0.296 e. The number of amides is 1. The third kappa shape index (κ3) is 2.75. The number of alkyl halides is 2. The molecule has 0 saturated carbocycles. The van der Waals surface area contributed by atoms with Crippen molar-refractivity contribution in [1.29, 1.82) is 0 Å². The molecule has 8 heteroatoms. The van der Waals surface area contributed by atoms with Crippen LogP contribution in [-0.4, -0.2) is 20.7 Å². The summed E-state index contributed by atoms with van der Waals surface area (Å²) in [4.78, 5) is 16.2. The van der Waals surface area contributed by atoms with Crippen LogP contribution in [0, 0.1) is 6.92 Å². The fraction of sp³-hybridized carbons (Fsp3) is 0.154. The van der Waals surface area contributed by atoms with Crippen LogP contribution in [0.5, 0.6) is 0 Å². The molecule has 0 unspecified atom stereocenters. The van der Waals surface area contributed by atoms with Crippen molar-refractivity contribution in [3.8, 4) is 0 Å². The van der Waals surface area contributed by atoms with Crippen molar-refractivity contribution in [2.24, 2.45) is 0 Å². The molecule has 0 saturated heterocycles. The van der Waals surface area contributed by atoms with Gasteiger partial charge in [-0.1, -0.05) is 17.4 Å². The molecule has 0 aliphatic rings. The van der Waals surface area contributed by atoms with E-state index in [2.05, 4.69) is 15.4 Å². The number of thiazole rings is 1. The normalized spacial score (nSPS) is 11.2. The third-order valence-electron chi connectivity index (χ3n) is 2.81. The fourth-order valence-corrected chi connectivity index (χ4v) is 2.77. The van der Waals surface area contributed by atoms with E-state index < -0.39 is 12.5 Å². The number of aryl methyl sites for hydroxylation is 1. The molecule has 0 bridgehead atoms. The van der Waals surface area contributed by atoms with Crippen molar-refractivity contribution in [2.45, 2.75) is 13.5 Å². The second-order valence-corrected chi connectivity index (χ2v) is 5.43. The zero-order chi connectivity index (χ0) is 15.0. The highest BCUT2D eigenvalue weighted by Gasteiger charge is 2.15. The van der Waals surface area contributed by atoms with E-state index in [1.54, 1.807) is 0 Å². The number of hydrogen-bond donors (Lipinski definition) is 1. The lowest BCUT2D eigenvalue weighted by atomic mass is 10.2. The molecule has 0 radical (unpaired) electrons. The van der Waals surface area contributed by atoms with Gasteiger partial charge in [0.15, 0.2) is 10.8 Å². The van der Waals surface area contributed by atoms with Crippen LogP contribution in [0.4, 0.5) is 13.9 Å².